The number of amides is 2. The number of nitrogens with one attached hydrogen (secondary N) is 1. The summed E-state index contributed by atoms with van der Waals surface area (Å²) in [6.07, 6.45) is -1.03. The summed E-state index contributed by atoms with van der Waals surface area (Å²) in [4.78, 5) is 36.4. The maximum absolute atomic E-state index is 12.7. The van der Waals surface area contributed by atoms with Crippen molar-refractivity contribution in [3.8, 4) is 0 Å². The van der Waals surface area contributed by atoms with Crippen LogP contribution in [0.2, 0.25) is 0 Å². The number of nitrogens with two attached hydrogens (primary N) is 1. The number of hydrogen-bond donors (Lipinski definition) is 2. The normalized spacial score (nSPS) is 12.1. The van der Waals surface area contributed by atoms with Crippen molar-refractivity contribution in [3.63, 3.8) is 0 Å². The third-order valence-electron chi connectivity index (χ3n) is 4.40. The molecule has 1 heterocycles. The highest BCUT2D eigenvalue weighted by Crippen LogP contribution is 2.26. The van der Waals surface area contributed by atoms with E-state index in [9.17, 15) is 14.4 Å². The molecule has 0 bridgehead atoms. The smallest absolute Gasteiger partial charge is 0.339 e. The van der Waals surface area contributed by atoms with Crippen molar-refractivity contribution in [1.29, 1.82) is 0 Å². The van der Waals surface area contributed by atoms with Crippen LogP contribution in [0.15, 0.2) is 29.6 Å². The SMILES string of the molecule is CC(C)c1ccc(C(=O)O[C@@H](C)C(=O)Nc2sccc2C(N)=O)c(C(C)C)c1. The van der Waals surface area contributed by atoms with Gasteiger partial charge in [0.15, 0.2) is 6.10 Å². The van der Waals surface area contributed by atoms with Gasteiger partial charge in [-0.15, -0.1) is 11.3 Å². The Morgan fingerprint density at radius 2 is 1.68 bits per heavy atom. The number of carbonyl (C=O) groups excluding carboxylic acids is 3. The summed E-state index contributed by atoms with van der Waals surface area (Å²) in [7, 11) is 0. The van der Waals surface area contributed by atoms with Crippen molar-refractivity contribution in [2.24, 2.45) is 5.73 Å². The first-order valence-corrected chi connectivity index (χ1v) is 10.0. The summed E-state index contributed by atoms with van der Waals surface area (Å²) < 4.78 is 5.38. The predicted octanol–water partition coefficient (Wildman–Crippen LogP) is 4.28. The first-order chi connectivity index (χ1) is 13.1. The zero-order valence-electron chi connectivity index (χ0n) is 16.7. The molecule has 0 unspecified atom stereocenters. The zero-order chi connectivity index (χ0) is 21.0. The van der Waals surface area contributed by atoms with Crippen LogP contribution < -0.4 is 11.1 Å². The van der Waals surface area contributed by atoms with Crippen molar-refractivity contribution < 1.29 is 19.1 Å². The molecule has 0 aliphatic carbocycles. The Hall–Kier alpha value is -2.67. The number of ether oxygens (including phenoxy) is 1. The quantitative estimate of drug-likeness (QED) is 0.675. The summed E-state index contributed by atoms with van der Waals surface area (Å²) in [6.45, 7) is 9.69. The highest BCUT2D eigenvalue weighted by atomic mass is 32.1. The van der Waals surface area contributed by atoms with Gasteiger partial charge in [0.1, 0.15) is 5.00 Å². The van der Waals surface area contributed by atoms with E-state index in [1.807, 2.05) is 26.0 Å². The van der Waals surface area contributed by atoms with Gasteiger partial charge in [-0.25, -0.2) is 4.79 Å². The molecule has 2 amide bonds. The third-order valence-corrected chi connectivity index (χ3v) is 5.23. The van der Waals surface area contributed by atoms with Crippen molar-refractivity contribution in [1.82, 2.24) is 0 Å². The molecule has 2 rings (SSSR count). The van der Waals surface area contributed by atoms with E-state index in [2.05, 4.69) is 19.2 Å². The number of rotatable bonds is 7. The van der Waals surface area contributed by atoms with Crippen LogP contribution in [0.3, 0.4) is 0 Å². The summed E-state index contributed by atoms with van der Waals surface area (Å²) in [5.74, 6) is -1.23. The Morgan fingerprint density at radius 1 is 1.00 bits per heavy atom. The van der Waals surface area contributed by atoms with Gasteiger partial charge >= 0.3 is 5.97 Å². The first-order valence-electron chi connectivity index (χ1n) is 9.14. The lowest BCUT2D eigenvalue weighted by atomic mass is 9.91. The maximum atomic E-state index is 12.7. The number of primary amides is 1. The van der Waals surface area contributed by atoms with Crippen LogP contribution in [0, 0.1) is 0 Å². The molecule has 0 saturated heterocycles. The highest BCUT2D eigenvalue weighted by Gasteiger charge is 2.23. The Balaban J connectivity index is 2.14. The molecule has 0 aliphatic rings. The van der Waals surface area contributed by atoms with E-state index in [0.717, 1.165) is 11.1 Å². The fourth-order valence-corrected chi connectivity index (χ4v) is 3.49. The van der Waals surface area contributed by atoms with E-state index < -0.39 is 23.9 Å². The molecule has 28 heavy (non-hydrogen) atoms. The average molecular weight is 403 g/mol. The topological polar surface area (TPSA) is 98.5 Å². The standard InChI is InChI=1S/C21H26N2O4S/c1-11(2)14-6-7-15(17(10-14)12(3)4)21(26)27-13(5)19(25)23-20-16(18(22)24)8-9-28-20/h6-13H,1-5H3,(H2,22,24)(H,23,25)/t13-/m0/s1. The number of carbonyl (C=O) groups is 3. The molecule has 1 aromatic heterocycles. The molecule has 7 heteroatoms. The minimum atomic E-state index is -1.03. The first kappa shape index (κ1) is 21.6. The molecule has 0 aliphatic heterocycles. The summed E-state index contributed by atoms with van der Waals surface area (Å²) in [5, 5.41) is 4.58. The second-order valence-corrected chi connectivity index (χ2v) is 8.14. The van der Waals surface area contributed by atoms with Crippen LogP contribution in [-0.2, 0) is 9.53 Å². The zero-order valence-corrected chi connectivity index (χ0v) is 17.6. The molecule has 2 aromatic rings. The lowest BCUT2D eigenvalue weighted by Gasteiger charge is -2.18. The van der Waals surface area contributed by atoms with Gasteiger partial charge in [-0.1, -0.05) is 39.8 Å². The Labute approximate surface area is 169 Å². The fraction of sp³-hybridized carbons (Fsp3) is 0.381. The van der Waals surface area contributed by atoms with Crippen molar-refractivity contribution in [3.05, 3.63) is 51.9 Å². The molecule has 0 fully saturated rings. The van der Waals surface area contributed by atoms with Gasteiger partial charge in [0.2, 0.25) is 0 Å². The van der Waals surface area contributed by atoms with Crippen molar-refractivity contribution >= 4 is 34.1 Å². The second kappa shape index (κ2) is 9.01. The van der Waals surface area contributed by atoms with Gasteiger partial charge < -0.3 is 15.8 Å². The Morgan fingerprint density at radius 3 is 2.25 bits per heavy atom. The van der Waals surface area contributed by atoms with Gasteiger partial charge in [0, 0.05) is 0 Å². The number of esters is 1. The van der Waals surface area contributed by atoms with E-state index in [-0.39, 0.29) is 11.5 Å². The van der Waals surface area contributed by atoms with Crippen LogP contribution in [0.1, 0.15) is 78.3 Å². The minimum Gasteiger partial charge on any atom is -0.449 e. The van der Waals surface area contributed by atoms with E-state index >= 15 is 0 Å². The van der Waals surface area contributed by atoms with Gasteiger partial charge in [-0.05, 0) is 47.4 Å². The van der Waals surface area contributed by atoms with Crippen LogP contribution in [-0.4, -0.2) is 23.9 Å². The number of thiophene rings is 1. The lowest BCUT2D eigenvalue weighted by molar-refractivity contribution is -0.123. The summed E-state index contributed by atoms with van der Waals surface area (Å²) in [6, 6.07) is 7.21. The van der Waals surface area contributed by atoms with E-state index in [4.69, 9.17) is 10.5 Å². The van der Waals surface area contributed by atoms with Crippen molar-refractivity contribution in [2.75, 3.05) is 5.32 Å². The average Bonchev–Trinajstić information content (AvgIpc) is 3.09. The Bertz CT molecular complexity index is 886. The molecule has 3 N–H and O–H groups in total. The van der Waals surface area contributed by atoms with Gasteiger partial charge in [-0.2, -0.15) is 0 Å². The highest BCUT2D eigenvalue weighted by molar-refractivity contribution is 7.14. The Kier molecular flexibility index (Phi) is 6.96. The summed E-state index contributed by atoms with van der Waals surface area (Å²) >= 11 is 1.18. The van der Waals surface area contributed by atoms with Crippen LogP contribution in [0.25, 0.3) is 0 Å². The largest absolute Gasteiger partial charge is 0.449 e. The molecular weight excluding hydrogens is 376 g/mol. The molecule has 0 radical (unpaired) electrons. The predicted molar refractivity (Wildman–Crippen MR) is 111 cm³/mol. The van der Waals surface area contributed by atoms with Crippen LogP contribution >= 0.6 is 11.3 Å². The van der Waals surface area contributed by atoms with E-state index in [1.54, 1.807) is 11.4 Å². The fourth-order valence-electron chi connectivity index (χ4n) is 2.70. The second-order valence-electron chi connectivity index (χ2n) is 7.22. The number of hydrogen-bond acceptors (Lipinski definition) is 5. The third kappa shape index (κ3) is 4.98. The minimum absolute atomic E-state index is 0.134. The van der Waals surface area contributed by atoms with Gasteiger partial charge in [-0.3, -0.25) is 9.59 Å². The van der Waals surface area contributed by atoms with Crippen LogP contribution in [0.4, 0.5) is 5.00 Å². The van der Waals surface area contributed by atoms with Gasteiger partial charge in [0.05, 0.1) is 11.1 Å². The number of anilines is 1. The molecule has 6 nitrogen and oxygen atoms in total. The molecule has 1 aromatic carbocycles. The lowest BCUT2D eigenvalue weighted by Crippen LogP contribution is -2.30. The number of benzene rings is 1. The molecular formula is C21H26N2O4S. The summed E-state index contributed by atoms with van der Waals surface area (Å²) in [5.41, 5.74) is 7.98. The molecule has 150 valence electrons. The molecule has 0 saturated carbocycles. The monoisotopic (exact) mass is 402 g/mol. The van der Waals surface area contributed by atoms with Crippen LogP contribution in [0.5, 0.6) is 0 Å². The van der Waals surface area contributed by atoms with Crippen molar-refractivity contribution in [2.45, 2.75) is 52.6 Å². The van der Waals surface area contributed by atoms with Gasteiger partial charge in [0.25, 0.3) is 11.8 Å². The maximum Gasteiger partial charge on any atom is 0.339 e. The van der Waals surface area contributed by atoms with E-state index in [0.29, 0.717) is 16.5 Å². The molecule has 0 spiro atoms. The van der Waals surface area contributed by atoms with E-state index in [1.165, 1.54) is 24.3 Å². The molecule has 1 atom stereocenters.